The fraction of sp³-hybridized carbons (Fsp3) is 0.722. The van der Waals surface area contributed by atoms with Crippen LogP contribution in [-0.2, 0) is 16.0 Å². The van der Waals surface area contributed by atoms with Crippen LogP contribution in [0.5, 0.6) is 0 Å². The van der Waals surface area contributed by atoms with Gasteiger partial charge in [-0.05, 0) is 53.9 Å². The molecule has 2 rings (SSSR count). The number of rotatable bonds is 5. The molecule has 2 atom stereocenters. The van der Waals surface area contributed by atoms with E-state index in [-0.39, 0.29) is 24.0 Å². The highest BCUT2D eigenvalue weighted by Crippen LogP contribution is 2.30. The molecule has 7 heteroatoms. The molecule has 0 aliphatic heterocycles. The van der Waals surface area contributed by atoms with Crippen molar-refractivity contribution in [2.24, 2.45) is 0 Å². The molecule has 2 N–H and O–H groups in total. The standard InChI is InChI=1S/C18H30N4O3/c1-6-22(17(24)25-18(3,4)5)12(2)10-19-16(23)13-8-7-9-15-14(13)11-20-21-15/h11-13H,6-10H2,1-5H3,(H,19,23)(H,20,21)/t12-,13+/m1/s1. The van der Waals surface area contributed by atoms with Crippen molar-refractivity contribution in [3.63, 3.8) is 0 Å². The van der Waals surface area contributed by atoms with Crippen molar-refractivity contribution in [3.05, 3.63) is 17.5 Å². The molecule has 0 aromatic carbocycles. The van der Waals surface area contributed by atoms with Crippen molar-refractivity contribution in [2.75, 3.05) is 13.1 Å². The molecule has 2 amide bonds. The predicted molar refractivity (Wildman–Crippen MR) is 95.4 cm³/mol. The fourth-order valence-electron chi connectivity index (χ4n) is 3.16. The third kappa shape index (κ3) is 4.96. The Morgan fingerprint density at radius 3 is 2.84 bits per heavy atom. The number of hydrogen-bond donors (Lipinski definition) is 2. The minimum Gasteiger partial charge on any atom is -0.444 e. The van der Waals surface area contributed by atoms with Crippen molar-refractivity contribution >= 4 is 12.0 Å². The Morgan fingerprint density at radius 2 is 2.20 bits per heavy atom. The van der Waals surface area contributed by atoms with Crippen LogP contribution in [0.1, 0.15) is 64.6 Å². The fourth-order valence-corrected chi connectivity index (χ4v) is 3.16. The number of aromatic nitrogens is 2. The van der Waals surface area contributed by atoms with E-state index in [2.05, 4.69) is 15.5 Å². The van der Waals surface area contributed by atoms with E-state index in [1.54, 1.807) is 11.1 Å². The molecule has 0 radical (unpaired) electrons. The topological polar surface area (TPSA) is 87.3 Å². The number of nitrogens with zero attached hydrogens (tertiary/aromatic N) is 2. The molecule has 140 valence electrons. The number of carbonyl (C=O) groups is 2. The Balaban J connectivity index is 1.91. The number of amides is 2. The smallest absolute Gasteiger partial charge is 0.410 e. The average molecular weight is 350 g/mol. The largest absolute Gasteiger partial charge is 0.444 e. The van der Waals surface area contributed by atoms with Crippen LogP contribution in [0.4, 0.5) is 4.79 Å². The molecule has 0 spiro atoms. The maximum atomic E-state index is 12.6. The maximum Gasteiger partial charge on any atom is 0.410 e. The zero-order chi connectivity index (χ0) is 18.6. The van der Waals surface area contributed by atoms with Crippen molar-refractivity contribution in [2.45, 2.75) is 71.4 Å². The molecule has 0 saturated heterocycles. The molecule has 0 unspecified atom stereocenters. The van der Waals surface area contributed by atoms with E-state index >= 15 is 0 Å². The lowest BCUT2D eigenvalue weighted by atomic mass is 9.86. The number of nitrogens with one attached hydrogen (secondary N) is 2. The first-order valence-electron chi connectivity index (χ1n) is 9.02. The van der Waals surface area contributed by atoms with Crippen molar-refractivity contribution < 1.29 is 14.3 Å². The zero-order valence-electron chi connectivity index (χ0n) is 15.9. The normalized spacial score (nSPS) is 18.2. The van der Waals surface area contributed by atoms with E-state index in [1.165, 1.54) is 0 Å². The molecule has 1 heterocycles. The first-order chi connectivity index (χ1) is 11.7. The van der Waals surface area contributed by atoms with Crippen LogP contribution in [0.15, 0.2) is 6.20 Å². The summed E-state index contributed by atoms with van der Waals surface area (Å²) in [7, 11) is 0. The Kier molecular flexibility index (Phi) is 6.08. The summed E-state index contributed by atoms with van der Waals surface area (Å²) >= 11 is 0. The molecule has 1 aliphatic rings. The van der Waals surface area contributed by atoms with Crippen molar-refractivity contribution in [3.8, 4) is 0 Å². The third-order valence-electron chi connectivity index (χ3n) is 4.44. The lowest BCUT2D eigenvalue weighted by Crippen LogP contribution is -2.47. The Bertz CT molecular complexity index is 606. The monoisotopic (exact) mass is 350 g/mol. The van der Waals surface area contributed by atoms with Gasteiger partial charge in [0.15, 0.2) is 0 Å². The van der Waals surface area contributed by atoms with Gasteiger partial charge in [0.2, 0.25) is 5.91 Å². The second-order valence-corrected chi connectivity index (χ2v) is 7.61. The van der Waals surface area contributed by atoms with Gasteiger partial charge in [-0.1, -0.05) is 0 Å². The molecule has 25 heavy (non-hydrogen) atoms. The third-order valence-corrected chi connectivity index (χ3v) is 4.44. The summed E-state index contributed by atoms with van der Waals surface area (Å²) in [6.45, 7) is 10.3. The van der Waals surface area contributed by atoms with Crippen LogP contribution < -0.4 is 5.32 Å². The summed E-state index contributed by atoms with van der Waals surface area (Å²) in [4.78, 5) is 26.5. The van der Waals surface area contributed by atoms with E-state index in [1.807, 2.05) is 34.6 Å². The van der Waals surface area contributed by atoms with Gasteiger partial charge in [-0.3, -0.25) is 9.89 Å². The van der Waals surface area contributed by atoms with Crippen molar-refractivity contribution in [1.82, 2.24) is 20.4 Å². The summed E-state index contributed by atoms with van der Waals surface area (Å²) in [5, 5.41) is 10.0. The number of likely N-dealkylation sites (N-methyl/N-ethyl adjacent to an activating group) is 1. The van der Waals surface area contributed by atoms with E-state index in [0.717, 1.165) is 30.5 Å². The number of ether oxygens (including phenoxy) is 1. The van der Waals surface area contributed by atoms with Crippen LogP contribution in [0.3, 0.4) is 0 Å². The number of aromatic amines is 1. The van der Waals surface area contributed by atoms with E-state index < -0.39 is 5.60 Å². The first-order valence-corrected chi connectivity index (χ1v) is 9.02. The second kappa shape index (κ2) is 7.89. The summed E-state index contributed by atoms with van der Waals surface area (Å²) < 4.78 is 5.43. The summed E-state index contributed by atoms with van der Waals surface area (Å²) in [5.41, 5.74) is 1.52. The van der Waals surface area contributed by atoms with Crippen LogP contribution in [0.25, 0.3) is 0 Å². The minimum atomic E-state index is -0.534. The molecule has 0 saturated carbocycles. The minimum absolute atomic E-state index is 0.00515. The quantitative estimate of drug-likeness (QED) is 0.854. The molecule has 1 aromatic rings. The molecule has 0 fully saturated rings. The summed E-state index contributed by atoms with van der Waals surface area (Å²) in [5.74, 6) is -0.166. The van der Waals surface area contributed by atoms with Gasteiger partial charge in [-0.25, -0.2) is 4.79 Å². The predicted octanol–water partition coefficient (Wildman–Crippen LogP) is 2.59. The van der Waals surface area contributed by atoms with Gasteiger partial charge in [0.25, 0.3) is 0 Å². The number of H-pyrrole nitrogens is 1. The number of fused-ring (bicyclic) bond motifs is 1. The Labute approximate surface area is 149 Å². The van der Waals surface area contributed by atoms with Gasteiger partial charge in [0.1, 0.15) is 5.60 Å². The van der Waals surface area contributed by atoms with Gasteiger partial charge in [-0.2, -0.15) is 5.10 Å². The number of hydrogen-bond acceptors (Lipinski definition) is 4. The molecular weight excluding hydrogens is 320 g/mol. The van der Waals surface area contributed by atoms with Gasteiger partial charge in [0.05, 0.1) is 12.1 Å². The maximum absolute atomic E-state index is 12.6. The van der Waals surface area contributed by atoms with Crippen LogP contribution in [-0.4, -0.2) is 51.8 Å². The molecule has 0 bridgehead atoms. The summed E-state index contributed by atoms with van der Waals surface area (Å²) in [6.07, 6.45) is 4.14. The van der Waals surface area contributed by atoms with Crippen LogP contribution in [0.2, 0.25) is 0 Å². The van der Waals surface area contributed by atoms with Gasteiger partial charge < -0.3 is 15.0 Å². The number of aryl methyl sites for hydroxylation is 1. The van der Waals surface area contributed by atoms with Gasteiger partial charge >= 0.3 is 6.09 Å². The summed E-state index contributed by atoms with van der Waals surface area (Å²) in [6, 6.07) is -0.142. The van der Waals surface area contributed by atoms with Crippen molar-refractivity contribution in [1.29, 1.82) is 0 Å². The second-order valence-electron chi connectivity index (χ2n) is 7.61. The first kappa shape index (κ1) is 19.3. The van der Waals surface area contributed by atoms with E-state index in [4.69, 9.17) is 4.74 Å². The highest BCUT2D eigenvalue weighted by Gasteiger charge is 2.29. The zero-order valence-corrected chi connectivity index (χ0v) is 15.9. The van der Waals surface area contributed by atoms with Gasteiger partial charge in [0, 0.05) is 30.4 Å². The van der Waals surface area contributed by atoms with Gasteiger partial charge in [-0.15, -0.1) is 0 Å². The Hall–Kier alpha value is -2.05. The molecule has 7 nitrogen and oxygen atoms in total. The van der Waals surface area contributed by atoms with Crippen LogP contribution >= 0.6 is 0 Å². The lowest BCUT2D eigenvalue weighted by Gasteiger charge is -2.31. The molecular formula is C18H30N4O3. The van der Waals surface area contributed by atoms with Crippen LogP contribution in [0, 0.1) is 0 Å². The number of carbonyl (C=O) groups excluding carboxylic acids is 2. The highest BCUT2D eigenvalue weighted by molar-refractivity contribution is 5.84. The van der Waals surface area contributed by atoms with E-state index in [9.17, 15) is 9.59 Å². The molecule has 1 aromatic heterocycles. The lowest BCUT2D eigenvalue weighted by molar-refractivity contribution is -0.123. The Morgan fingerprint density at radius 1 is 1.48 bits per heavy atom. The highest BCUT2D eigenvalue weighted by atomic mass is 16.6. The SMILES string of the molecule is CCN(C(=O)OC(C)(C)C)[C@H](C)CNC(=O)[C@H]1CCCc2[nH]ncc21. The van der Waals surface area contributed by atoms with E-state index in [0.29, 0.717) is 13.1 Å². The molecule has 1 aliphatic carbocycles. The average Bonchev–Trinajstić information content (AvgIpc) is 2.99.